The zero-order valence-electron chi connectivity index (χ0n) is 6.74. The summed E-state index contributed by atoms with van der Waals surface area (Å²) in [5.74, 6) is 0.265. The van der Waals surface area contributed by atoms with Gasteiger partial charge in [0.25, 0.3) is 0 Å². The highest BCUT2D eigenvalue weighted by Crippen LogP contribution is 2.20. The fourth-order valence-corrected chi connectivity index (χ4v) is 0.805. The van der Waals surface area contributed by atoms with Gasteiger partial charge in [0.15, 0.2) is 12.0 Å². The molecule has 0 aliphatic carbocycles. The molecule has 1 N–H and O–H groups in total. The molecule has 1 heterocycles. The monoisotopic (exact) mass is 170 g/mol. The fraction of sp³-hybridized carbons (Fsp3) is 0.375. The first-order valence-corrected chi connectivity index (χ1v) is 3.62. The van der Waals surface area contributed by atoms with E-state index in [0.717, 1.165) is 0 Å². The second-order valence-corrected chi connectivity index (χ2v) is 2.22. The maximum absolute atomic E-state index is 10.2. The van der Waals surface area contributed by atoms with Gasteiger partial charge in [0, 0.05) is 12.7 Å². The first-order valence-electron chi connectivity index (χ1n) is 3.62. The van der Waals surface area contributed by atoms with Gasteiger partial charge in [-0.3, -0.25) is 4.79 Å². The average molecular weight is 170 g/mol. The molecule has 0 atom stereocenters. The normalized spacial score (nSPS) is 10.1. The maximum atomic E-state index is 10.2. The topological polar surface area (TPSA) is 59.7 Å². The van der Waals surface area contributed by atoms with E-state index in [4.69, 9.17) is 14.3 Å². The van der Waals surface area contributed by atoms with Crippen LogP contribution >= 0.6 is 0 Å². The Morgan fingerprint density at radius 2 is 2.50 bits per heavy atom. The van der Waals surface area contributed by atoms with E-state index in [1.807, 2.05) is 6.92 Å². The van der Waals surface area contributed by atoms with Crippen LogP contribution in [0.25, 0.3) is 0 Å². The van der Waals surface area contributed by atoms with Crippen LogP contribution in [-0.2, 0) is 11.3 Å². The lowest BCUT2D eigenvalue weighted by atomic mass is 10.4. The first kappa shape index (κ1) is 8.80. The van der Waals surface area contributed by atoms with Gasteiger partial charge in [-0.15, -0.1) is 0 Å². The summed E-state index contributed by atoms with van der Waals surface area (Å²) in [6.07, 6.45) is 0.463. The number of furan rings is 1. The number of aromatic hydroxyl groups is 1. The van der Waals surface area contributed by atoms with Crippen molar-refractivity contribution >= 4 is 6.29 Å². The Bertz CT molecular complexity index is 264. The molecule has 0 amide bonds. The van der Waals surface area contributed by atoms with Gasteiger partial charge in [-0.2, -0.15) is 0 Å². The molecule has 0 saturated heterocycles. The minimum Gasteiger partial charge on any atom is -0.504 e. The Morgan fingerprint density at radius 1 is 1.75 bits per heavy atom. The number of carbonyl (C=O) groups excluding carboxylic acids is 1. The van der Waals surface area contributed by atoms with E-state index in [1.165, 1.54) is 6.07 Å². The highest BCUT2D eigenvalue weighted by Gasteiger charge is 2.08. The Hall–Kier alpha value is -1.29. The number of hydrogen-bond acceptors (Lipinski definition) is 4. The van der Waals surface area contributed by atoms with E-state index in [2.05, 4.69) is 0 Å². The van der Waals surface area contributed by atoms with Gasteiger partial charge in [-0.1, -0.05) is 0 Å². The van der Waals surface area contributed by atoms with Crippen LogP contribution in [0.1, 0.15) is 23.2 Å². The summed E-state index contributed by atoms with van der Waals surface area (Å²) in [4.78, 5) is 10.2. The van der Waals surface area contributed by atoms with Crippen molar-refractivity contribution in [1.82, 2.24) is 0 Å². The lowest BCUT2D eigenvalue weighted by molar-refractivity contribution is 0.106. The third kappa shape index (κ3) is 1.85. The highest BCUT2D eigenvalue weighted by atomic mass is 16.5. The molecule has 1 aromatic heterocycles. The maximum Gasteiger partial charge on any atom is 0.208 e. The predicted octanol–water partition coefficient (Wildman–Crippen LogP) is 1.33. The number of hydrogen-bond donors (Lipinski definition) is 1. The van der Waals surface area contributed by atoms with Crippen LogP contribution in [0.5, 0.6) is 5.75 Å². The SMILES string of the molecule is CCOCc1cc(O)c(C=O)o1. The summed E-state index contributed by atoms with van der Waals surface area (Å²) < 4.78 is 9.93. The Morgan fingerprint density at radius 3 is 3.00 bits per heavy atom. The van der Waals surface area contributed by atoms with Crippen molar-refractivity contribution < 1.29 is 19.1 Å². The highest BCUT2D eigenvalue weighted by molar-refractivity contribution is 5.74. The molecule has 0 radical (unpaired) electrons. The molecule has 0 bridgehead atoms. The lowest BCUT2D eigenvalue weighted by Crippen LogP contribution is -1.88. The van der Waals surface area contributed by atoms with E-state index < -0.39 is 0 Å². The molecule has 66 valence electrons. The quantitative estimate of drug-likeness (QED) is 0.692. The van der Waals surface area contributed by atoms with Crippen LogP contribution in [0.3, 0.4) is 0 Å². The summed E-state index contributed by atoms with van der Waals surface area (Å²) in [5, 5.41) is 9.05. The van der Waals surface area contributed by atoms with Crippen LogP contribution in [0.15, 0.2) is 10.5 Å². The van der Waals surface area contributed by atoms with Crippen LogP contribution in [-0.4, -0.2) is 18.0 Å². The summed E-state index contributed by atoms with van der Waals surface area (Å²) >= 11 is 0. The van der Waals surface area contributed by atoms with Gasteiger partial charge in [-0.05, 0) is 6.92 Å². The zero-order valence-corrected chi connectivity index (χ0v) is 6.74. The molecule has 1 rings (SSSR count). The predicted molar refractivity (Wildman–Crippen MR) is 41.1 cm³/mol. The molecule has 0 fully saturated rings. The fourth-order valence-electron chi connectivity index (χ4n) is 0.805. The van der Waals surface area contributed by atoms with Gasteiger partial charge in [-0.25, -0.2) is 0 Å². The molecule has 1 aromatic rings. The summed E-state index contributed by atoms with van der Waals surface area (Å²) in [7, 11) is 0. The van der Waals surface area contributed by atoms with Gasteiger partial charge < -0.3 is 14.3 Å². The smallest absolute Gasteiger partial charge is 0.208 e. The molecule has 0 unspecified atom stereocenters. The second kappa shape index (κ2) is 3.92. The van der Waals surface area contributed by atoms with Crippen molar-refractivity contribution in [2.45, 2.75) is 13.5 Å². The summed E-state index contributed by atoms with van der Waals surface area (Å²) in [6, 6.07) is 1.37. The molecule has 12 heavy (non-hydrogen) atoms. The summed E-state index contributed by atoms with van der Waals surface area (Å²) in [6.45, 7) is 2.69. The molecular formula is C8H10O4. The number of aldehydes is 1. The van der Waals surface area contributed by atoms with Crippen LogP contribution in [0.4, 0.5) is 0 Å². The molecule has 4 nitrogen and oxygen atoms in total. The van der Waals surface area contributed by atoms with Crippen molar-refractivity contribution in [3.05, 3.63) is 17.6 Å². The minimum absolute atomic E-state index is 0.0512. The molecular weight excluding hydrogens is 160 g/mol. The van der Waals surface area contributed by atoms with E-state index in [1.54, 1.807) is 0 Å². The second-order valence-electron chi connectivity index (χ2n) is 2.22. The number of rotatable bonds is 4. The zero-order chi connectivity index (χ0) is 8.97. The molecule has 0 spiro atoms. The molecule has 0 saturated carbocycles. The van der Waals surface area contributed by atoms with Crippen molar-refractivity contribution in [2.24, 2.45) is 0 Å². The standard InChI is InChI=1S/C8H10O4/c1-2-11-5-6-3-7(10)8(4-9)12-6/h3-4,10H,2,5H2,1H3. The van der Waals surface area contributed by atoms with Crippen molar-refractivity contribution in [3.63, 3.8) is 0 Å². The molecule has 0 aromatic carbocycles. The third-order valence-corrected chi connectivity index (χ3v) is 1.35. The third-order valence-electron chi connectivity index (χ3n) is 1.35. The van der Waals surface area contributed by atoms with Gasteiger partial charge in [0.2, 0.25) is 5.76 Å². The lowest BCUT2D eigenvalue weighted by Gasteiger charge is -1.94. The average Bonchev–Trinajstić information content (AvgIpc) is 2.43. The largest absolute Gasteiger partial charge is 0.504 e. The van der Waals surface area contributed by atoms with Gasteiger partial charge >= 0.3 is 0 Å². The summed E-state index contributed by atoms with van der Waals surface area (Å²) in [5.41, 5.74) is 0. The Kier molecular flexibility index (Phi) is 2.88. The number of carbonyl (C=O) groups is 1. The van der Waals surface area contributed by atoms with Crippen molar-refractivity contribution in [2.75, 3.05) is 6.61 Å². The van der Waals surface area contributed by atoms with E-state index in [0.29, 0.717) is 18.7 Å². The van der Waals surface area contributed by atoms with Crippen LogP contribution < -0.4 is 0 Å². The molecule has 4 heteroatoms. The van der Waals surface area contributed by atoms with Crippen molar-refractivity contribution in [3.8, 4) is 5.75 Å². The van der Waals surface area contributed by atoms with Crippen LogP contribution in [0, 0.1) is 0 Å². The van der Waals surface area contributed by atoms with Gasteiger partial charge in [0.1, 0.15) is 12.4 Å². The minimum atomic E-state index is -0.139. The van der Waals surface area contributed by atoms with Gasteiger partial charge in [0.05, 0.1) is 0 Å². The Balaban J connectivity index is 2.68. The first-order chi connectivity index (χ1) is 5.77. The molecule has 0 aliphatic heterocycles. The van der Waals surface area contributed by atoms with E-state index in [-0.39, 0.29) is 18.1 Å². The molecule has 0 aliphatic rings. The van der Waals surface area contributed by atoms with Crippen molar-refractivity contribution in [1.29, 1.82) is 0 Å². The Labute approximate surface area is 69.8 Å². The van der Waals surface area contributed by atoms with Crippen LogP contribution in [0.2, 0.25) is 0 Å². The van der Waals surface area contributed by atoms with E-state index in [9.17, 15) is 4.79 Å². The number of ether oxygens (including phenoxy) is 1. The van der Waals surface area contributed by atoms with E-state index >= 15 is 0 Å².